The molecule has 440 valence electrons. The third-order valence-electron chi connectivity index (χ3n) is 17.1. The second-order valence-corrected chi connectivity index (χ2v) is 25.3. The van der Waals surface area contributed by atoms with Gasteiger partial charge in [0.1, 0.15) is 48.8 Å². The molecule has 23 heteroatoms. The van der Waals surface area contributed by atoms with Gasteiger partial charge in [-0.2, -0.15) is 0 Å². The summed E-state index contributed by atoms with van der Waals surface area (Å²) in [5.74, 6) is -2.84. The highest BCUT2D eigenvalue weighted by Crippen LogP contribution is 2.41. The molecule has 0 spiro atoms. The highest BCUT2D eigenvalue weighted by Gasteiger charge is 2.53. The van der Waals surface area contributed by atoms with Crippen LogP contribution in [0.4, 0.5) is 10.1 Å². The van der Waals surface area contributed by atoms with Crippen LogP contribution < -0.4 is 4.31 Å². The van der Waals surface area contributed by atoms with Crippen LogP contribution in [-0.2, 0) is 54.4 Å². The fourth-order valence-electron chi connectivity index (χ4n) is 12.3. The second kappa shape index (κ2) is 25.8. The zero-order valence-corrected chi connectivity index (χ0v) is 48.6. The zero-order chi connectivity index (χ0) is 57.1. The number of aromatic nitrogens is 3. The summed E-state index contributed by atoms with van der Waals surface area (Å²) >= 11 is 0. The normalized spacial score (nSPS) is 39.9. The van der Waals surface area contributed by atoms with Gasteiger partial charge in [-0.3, -0.25) is 9.10 Å². The van der Waals surface area contributed by atoms with Crippen LogP contribution in [0, 0.1) is 17.8 Å². The fraction of sp³-hybridized carbons (Fsp3) is 0.833. The minimum absolute atomic E-state index is 0.0722. The molecule has 1 aromatic carbocycles. The molecule has 0 unspecified atom stereocenters. The molecule has 4 aliphatic rings. The molecule has 0 aliphatic carbocycles. The quantitative estimate of drug-likeness (QED) is 0.151. The minimum Gasteiger partial charge on any atom is -0.459 e. The summed E-state index contributed by atoms with van der Waals surface area (Å²) < 4.78 is 86.9. The van der Waals surface area contributed by atoms with Gasteiger partial charge in [0.2, 0.25) is 10.0 Å². The van der Waals surface area contributed by atoms with Gasteiger partial charge >= 0.3 is 5.97 Å². The van der Waals surface area contributed by atoms with Crippen LogP contribution >= 0.6 is 0 Å². The molecule has 20 atom stereocenters. The number of sulfonamides is 1. The molecule has 0 amide bonds. The summed E-state index contributed by atoms with van der Waals surface area (Å²) in [5.41, 5.74) is -2.90. The number of cyclic esters (lactones) is 1. The van der Waals surface area contributed by atoms with Gasteiger partial charge in [-0.05, 0) is 112 Å². The van der Waals surface area contributed by atoms with E-state index in [0.29, 0.717) is 55.8 Å². The van der Waals surface area contributed by atoms with Crippen molar-refractivity contribution in [2.75, 3.05) is 64.7 Å². The lowest BCUT2D eigenvalue weighted by Crippen LogP contribution is -2.61. The van der Waals surface area contributed by atoms with Gasteiger partial charge < -0.3 is 68.5 Å². The Labute approximate surface area is 455 Å². The van der Waals surface area contributed by atoms with Crippen LogP contribution in [0.5, 0.6) is 0 Å². The van der Waals surface area contributed by atoms with Crippen LogP contribution in [-0.4, -0.2) is 215 Å². The van der Waals surface area contributed by atoms with E-state index in [0.717, 1.165) is 0 Å². The van der Waals surface area contributed by atoms with Gasteiger partial charge in [-0.15, -0.1) is 5.10 Å². The van der Waals surface area contributed by atoms with Crippen LogP contribution in [0.1, 0.15) is 125 Å². The smallest absolute Gasteiger partial charge is 0.311 e. The van der Waals surface area contributed by atoms with E-state index in [1.807, 2.05) is 37.7 Å². The number of anilines is 1. The Morgan fingerprint density at radius 2 is 1.65 bits per heavy atom. The van der Waals surface area contributed by atoms with Gasteiger partial charge in [-0.1, -0.05) is 38.1 Å². The van der Waals surface area contributed by atoms with Gasteiger partial charge in [0, 0.05) is 70.9 Å². The number of nitrogens with zero attached hydrogens (tertiary/aromatic N) is 6. The summed E-state index contributed by atoms with van der Waals surface area (Å²) in [6.07, 6.45) is -7.87. The molecular formula is C54H91FN6O15S. The number of aliphatic hydroxyl groups is 5. The Bertz CT molecular complexity index is 2320. The predicted molar refractivity (Wildman–Crippen MR) is 284 cm³/mol. The van der Waals surface area contributed by atoms with Gasteiger partial charge in [0.15, 0.2) is 12.6 Å². The molecule has 1 aromatic heterocycles. The maximum Gasteiger partial charge on any atom is 0.311 e. The summed E-state index contributed by atoms with van der Waals surface area (Å²) in [4.78, 5) is 18.4. The lowest BCUT2D eigenvalue weighted by atomic mass is 9.77. The van der Waals surface area contributed by atoms with Crippen molar-refractivity contribution >= 4 is 21.7 Å². The van der Waals surface area contributed by atoms with E-state index in [-0.39, 0.29) is 30.9 Å². The standard InChI is InChI=1S/C54H91FN6O15S/c1-15-42-54(10,67)47(63)35(6)59(12)29-31(2)26-52(8,66)49(33(4)45(34(5)50(65)74-42)75-43-27-53(9,71-14)48(64)36(7)73-43)76-51-44(62)40(25-32(3)72-51)58(11)23-21-38-30-60(57-56-38)41(28-55)46(70-13)37-17-19-39(20-18-37)61-22-16-24-77(61,68)69/h17-20,30-36,40-49,51,62-64,66-67H,15-16,21-29H2,1-14H3/t31-,32-,33+,34-,35-,36+,40+,41-,42-,43+,44-,45+,46-,47-,48+,49-,51+,52-,53-,54-/m1/s1. The largest absolute Gasteiger partial charge is 0.459 e. The number of carbonyl (C=O) groups is 1. The predicted octanol–water partition coefficient (Wildman–Crippen LogP) is 3.54. The molecule has 4 fully saturated rings. The SMILES string of the molecule is CC[C@H]1OC(=O)[C@H](C)[C@@H](O[C@H]2C[C@@](C)(OC)[C@@H](O)[C@H](C)O2)[C@H](C)[C@@H](O[C@@H]2O[C@H](C)C[C@H](N(C)CCc3cn([C@H](CF)[C@H](OC)c4ccc(N5CCCS5(=O)=O)cc4)nn3)[C@H]2O)[C@](C)(O)C[C@@H](C)CN(C)[C@H](C)[C@@H](O)[C@]1(C)O. The van der Waals surface area contributed by atoms with E-state index in [4.69, 9.17) is 33.2 Å². The summed E-state index contributed by atoms with van der Waals surface area (Å²) in [7, 11) is 3.27. The third kappa shape index (κ3) is 14.2. The fourth-order valence-corrected chi connectivity index (χ4v) is 13.8. The zero-order valence-electron chi connectivity index (χ0n) is 47.8. The average Bonchev–Trinajstić information content (AvgIpc) is 4.01. The highest BCUT2D eigenvalue weighted by molar-refractivity contribution is 7.93. The van der Waals surface area contributed by atoms with E-state index < -0.39 is 137 Å². The number of likely N-dealkylation sites (N-methyl/N-ethyl adjacent to an activating group) is 2. The third-order valence-corrected chi connectivity index (χ3v) is 19.0. The van der Waals surface area contributed by atoms with Crippen molar-refractivity contribution in [1.29, 1.82) is 0 Å². The van der Waals surface area contributed by atoms with Crippen LogP contribution in [0.2, 0.25) is 0 Å². The molecule has 6 rings (SSSR count). The summed E-state index contributed by atoms with van der Waals surface area (Å²) in [6.45, 7) is 17.7. The average molecular weight is 1120 g/mol. The number of hydrogen-bond acceptors (Lipinski definition) is 19. The van der Waals surface area contributed by atoms with Gasteiger partial charge in [0.25, 0.3) is 0 Å². The first-order valence-corrected chi connectivity index (χ1v) is 29.0. The maximum absolute atomic E-state index is 14.9. The molecule has 0 bridgehead atoms. The number of carbonyl (C=O) groups excluding carboxylic acids is 1. The topological polar surface area (TPSA) is 257 Å². The number of aliphatic hydroxyl groups excluding tert-OH is 3. The molecule has 0 saturated carbocycles. The van der Waals surface area contributed by atoms with Crippen molar-refractivity contribution in [2.45, 2.75) is 210 Å². The summed E-state index contributed by atoms with van der Waals surface area (Å²) in [5, 5.41) is 68.5. The van der Waals surface area contributed by atoms with Crippen LogP contribution in [0.25, 0.3) is 0 Å². The number of halogens is 1. The molecule has 0 radical (unpaired) electrons. The first-order chi connectivity index (χ1) is 36.0. The number of hydrogen-bond donors (Lipinski definition) is 5. The lowest BCUT2D eigenvalue weighted by molar-refractivity contribution is -0.318. The molecular weight excluding hydrogens is 1020 g/mol. The number of alkyl halides is 1. The van der Waals surface area contributed by atoms with Gasteiger partial charge in [0.05, 0.1) is 58.7 Å². The van der Waals surface area contributed by atoms with Crippen LogP contribution in [0.15, 0.2) is 30.5 Å². The van der Waals surface area contributed by atoms with Crippen molar-refractivity contribution in [3.63, 3.8) is 0 Å². The minimum atomic E-state index is -3.38. The number of benzene rings is 1. The van der Waals surface area contributed by atoms with Crippen molar-refractivity contribution in [1.82, 2.24) is 24.8 Å². The molecule has 4 saturated heterocycles. The number of ether oxygens (including phenoxy) is 7. The molecule has 5 heterocycles. The number of rotatable bonds is 16. The summed E-state index contributed by atoms with van der Waals surface area (Å²) in [6, 6.07) is 4.85. The highest BCUT2D eigenvalue weighted by atomic mass is 32.2. The molecule has 5 N–H and O–H groups in total. The lowest BCUT2D eigenvalue weighted by Gasteiger charge is -2.49. The van der Waals surface area contributed by atoms with Crippen molar-refractivity contribution in [3.05, 3.63) is 41.7 Å². The first kappa shape index (κ1) is 63.2. The maximum atomic E-state index is 14.9. The Balaban J connectivity index is 1.25. The van der Waals surface area contributed by atoms with Crippen molar-refractivity contribution < 1.29 is 76.3 Å². The van der Waals surface area contributed by atoms with E-state index in [1.165, 1.54) is 30.1 Å². The Morgan fingerprint density at radius 3 is 2.25 bits per heavy atom. The number of esters is 1. The van der Waals surface area contributed by atoms with Crippen molar-refractivity contribution in [3.8, 4) is 0 Å². The molecule has 77 heavy (non-hydrogen) atoms. The van der Waals surface area contributed by atoms with Crippen LogP contribution in [0.3, 0.4) is 0 Å². The monoisotopic (exact) mass is 1110 g/mol. The van der Waals surface area contributed by atoms with E-state index in [9.17, 15) is 43.1 Å². The van der Waals surface area contributed by atoms with Crippen molar-refractivity contribution in [2.24, 2.45) is 17.8 Å². The van der Waals surface area contributed by atoms with E-state index in [2.05, 4.69) is 10.3 Å². The van der Waals surface area contributed by atoms with E-state index >= 15 is 0 Å². The Kier molecular flexibility index (Phi) is 21.2. The van der Waals surface area contributed by atoms with E-state index in [1.54, 1.807) is 78.9 Å². The second-order valence-electron chi connectivity index (χ2n) is 23.3. The molecule has 2 aromatic rings. The Morgan fingerprint density at radius 1 is 0.974 bits per heavy atom. The molecule has 4 aliphatic heterocycles. The van der Waals surface area contributed by atoms with Gasteiger partial charge in [-0.25, -0.2) is 17.5 Å². The first-order valence-electron chi connectivity index (χ1n) is 27.4. The molecule has 21 nitrogen and oxygen atoms in total. The Hall–Kier alpha value is -3.01. The number of methoxy groups -OCH3 is 2.